The SMILES string of the molecule is C=CC(=O)Nc1cccc(C(=O)N(C)C2CS(=O)(=O)c3ccc(Cl)cc32)c1. The van der Waals surface area contributed by atoms with Crippen molar-refractivity contribution in [3.8, 4) is 0 Å². The van der Waals surface area contributed by atoms with Crippen LogP contribution in [0.15, 0.2) is 60.0 Å². The topological polar surface area (TPSA) is 83.6 Å². The minimum Gasteiger partial charge on any atom is -0.334 e. The fourth-order valence-electron chi connectivity index (χ4n) is 3.04. The van der Waals surface area contributed by atoms with Gasteiger partial charge < -0.3 is 10.2 Å². The van der Waals surface area contributed by atoms with Gasteiger partial charge in [-0.15, -0.1) is 0 Å². The Kier molecular flexibility index (Phi) is 5.08. The number of sulfone groups is 1. The first-order valence-corrected chi connectivity index (χ1v) is 10.1. The van der Waals surface area contributed by atoms with E-state index in [1.165, 1.54) is 23.1 Å². The highest BCUT2D eigenvalue weighted by molar-refractivity contribution is 7.91. The van der Waals surface area contributed by atoms with Gasteiger partial charge in [-0.1, -0.05) is 24.2 Å². The monoisotopic (exact) mass is 404 g/mol. The summed E-state index contributed by atoms with van der Waals surface area (Å²) >= 11 is 6.02. The molecule has 0 radical (unpaired) electrons. The lowest BCUT2D eigenvalue weighted by atomic mass is 10.1. The number of rotatable bonds is 4. The second-order valence-electron chi connectivity index (χ2n) is 6.17. The van der Waals surface area contributed by atoms with E-state index in [1.807, 2.05) is 0 Å². The van der Waals surface area contributed by atoms with E-state index in [0.717, 1.165) is 6.08 Å². The van der Waals surface area contributed by atoms with Crippen LogP contribution in [0.25, 0.3) is 0 Å². The smallest absolute Gasteiger partial charge is 0.254 e. The number of fused-ring (bicyclic) bond motifs is 1. The third kappa shape index (κ3) is 3.74. The zero-order valence-corrected chi connectivity index (χ0v) is 16.0. The van der Waals surface area contributed by atoms with Gasteiger partial charge in [-0.3, -0.25) is 9.59 Å². The summed E-state index contributed by atoms with van der Waals surface area (Å²) in [6.07, 6.45) is 1.13. The summed E-state index contributed by atoms with van der Waals surface area (Å²) in [6.45, 7) is 3.38. The van der Waals surface area contributed by atoms with Gasteiger partial charge in [0.15, 0.2) is 9.84 Å². The number of carbonyl (C=O) groups is 2. The first-order chi connectivity index (χ1) is 12.7. The van der Waals surface area contributed by atoms with E-state index >= 15 is 0 Å². The lowest BCUT2D eigenvalue weighted by Crippen LogP contribution is -2.32. The highest BCUT2D eigenvalue weighted by Gasteiger charge is 2.38. The van der Waals surface area contributed by atoms with Crippen molar-refractivity contribution in [1.82, 2.24) is 4.90 Å². The number of carbonyl (C=O) groups excluding carboxylic acids is 2. The van der Waals surface area contributed by atoms with Crippen LogP contribution in [-0.2, 0) is 14.6 Å². The van der Waals surface area contributed by atoms with E-state index in [1.54, 1.807) is 31.3 Å². The molecule has 0 saturated heterocycles. The van der Waals surface area contributed by atoms with Crippen LogP contribution in [0.4, 0.5) is 5.69 Å². The van der Waals surface area contributed by atoms with Gasteiger partial charge >= 0.3 is 0 Å². The van der Waals surface area contributed by atoms with Gasteiger partial charge in [0.2, 0.25) is 5.91 Å². The Morgan fingerprint density at radius 3 is 2.70 bits per heavy atom. The number of amides is 2. The Labute approximate surface area is 162 Å². The second kappa shape index (κ2) is 7.17. The molecule has 3 rings (SSSR count). The van der Waals surface area contributed by atoms with Crippen LogP contribution in [0.1, 0.15) is 22.0 Å². The van der Waals surface area contributed by atoms with Crippen molar-refractivity contribution in [2.45, 2.75) is 10.9 Å². The summed E-state index contributed by atoms with van der Waals surface area (Å²) in [6, 6.07) is 10.3. The molecule has 0 aliphatic carbocycles. The molecule has 2 aromatic carbocycles. The molecule has 8 heteroatoms. The van der Waals surface area contributed by atoms with Gasteiger partial charge in [-0.25, -0.2) is 8.42 Å². The summed E-state index contributed by atoms with van der Waals surface area (Å²) in [4.78, 5) is 25.9. The van der Waals surface area contributed by atoms with Crippen LogP contribution in [0.2, 0.25) is 5.02 Å². The normalized spacial score (nSPS) is 17.0. The minimum atomic E-state index is -3.48. The largest absolute Gasteiger partial charge is 0.334 e. The van der Waals surface area contributed by atoms with Crippen LogP contribution in [-0.4, -0.2) is 37.9 Å². The molecule has 2 aromatic rings. The molecule has 1 N–H and O–H groups in total. The van der Waals surface area contributed by atoms with Gasteiger partial charge in [0.1, 0.15) is 0 Å². The fraction of sp³-hybridized carbons (Fsp3) is 0.158. The van der Waals surface area contributed by atoms with Crippen molar-refractivity contribution in [2.75, 3.05) is 18.1 Å². The number of benzene rings is 2. The molecular weight excluding hydrogens is 388 g/mol. The lowest BCUT2D eigenvalue weighted by molar-refractivity contribution is -0.111. The highest BCUT2D eigenvalue weighted by Crippen LogP contribution is 2.38. The third-order valence-corrected chi connectivity index (χ3v) is 6.43. The van der Waals surface area contributed by atoms with Crippen molar-refractivity contribution in [1.29, 1.82) is 0 Å². The number of hydrogen-bond donors (Lipinski definition) is 1. The molecule has 140 valence electrons. The maximum Gasteiger partial charge on any atom is 0.254 e. The van der Waals surface area contributed by atoms with Crippen LogP contribution in [0, 0.1) is 0 Å². The zero-order valence-electron chi connectivity index (χ0n) is 14.5. The van der Waals surface area contributed by atoms with Crippen LogP contribution in [0.3, 0.4) is 0 Å². The number of halogens is 1. The lowest BCUT2D eigenvalue weighted by Gasteiger charge is -2.25. The first-order valence-electron chi connectivity index (χ1n) is 8.06. The van der Waals surface area contributed by atoms with E-state index in [4.69, 9.17) is 11.6 Å². The first kappa shape index (κ1) is 19.1. The molecule has 6 nitrogen and oxygen atoms in total. The van der Waals surface area contributed by atoms with Crippen molar-refractivity contribution in [3.63, 3.8) is 0 Å². The van der Waals surface area contributed by atoms with Crippen molar-refractivity contribution in [2.24, 2.45) is 0 Å². The van der Waals surface area contributed by atoms with E-state index in [2.05, 4.69) is 11.9 Å². The molecule has 0 saturated carbocycles. The number of hydrogen-bond acceptors (Lipinski definition) is 4. The summed E-state index contributed by atoms with van der Waals surface area (Å²) in [5.74, 6) is -0.950. The summed E-state index contributed by atoms with van der Waals surface area (Å²) < 4.78 is 24.8. The summed E-state index contributed by atoms with van der Waals surface area (Å²) in [5, 5.41) is 3.00. The van der Waals surface area contributed by atoms with Gasteiger partial charge in [-0.2, -0.15) is 0 Å². The zero-order chi connectivity index (χ0) is 19.8. The van der Waals surface area contributed by atoms with Gasteiger partial charge in [0.25, 0.3) is 5.91 Å². The maximum absolute atomic E-state index is 12.9. The molecule has 0 aromatic heterocycles. The molecular formula is C19H17ClN2O4S. The van der Waals surface area contributed by atoms with E-state index < -0.39 is 21.8 Å². The molecule has 27 heavy (non-hydrogen) atoms. The Bertz CT molecular complexity index is 1050. The average Bonchev–Trinajstić information content (AvgIpc) is 2.91. The van der Waals surface area contributed by atoms with Crippen molar-refractivity contribution in [3.05, 3.63) is 71.3 Å². The Hall–Kier alpha value is -2.64. The van der Waals surface area contributed by atoms with E-state index in [9.17, 15) is 18.0 Å². The predicted molar refractivity (Wildman–Crippen MR) is 104 cm³/mol. The number of nitrogens with zero attached hydrogens (tertiary/aromatic N) is 1. The molecule has 1 atom stereocenters. The van der Waals surface area contributed by atoms with Gasteiger partial charge in [0, 0.05) is 23.3 Å². The average molecular weight is 405 g/mol. The van der Waals surface area contributed by atoms with Crippen molar-refractivity contribution >= 4 is 38.9 Å². The minimum absolute atomic E-state index is 0.197. The van der Waals surface area contributed by atoms with Crippen LogP contribution in [0.5, 0.6) is 0 Å². The Morgan fingerprint density at radius 2 is 2.00 bits per heavy atom. The summed E-state index contributed by atoms with van der Waals surface area (Å²) in [7, 11) is -1.93. The standard InChI is InChI=1S/C19H17ClN2O4S/c1-3-18(23)21-14-6-4-5-12(9-14)19(24)22(2)16-11-27(25,26)17-8-7-13(20)10-15(16)17/h3-10,16H,1,11H2,2H3,(H,21,23). The predicted octanol–water partition coefficient (Wildman–Crippen LogP) is 3.07. The fourth-order valence-corrected chi connectivity index (χ4v) is 5.05. The molecule has 1 aliphatic rings. The summed E-state index contributed by atoms with van der Waals surface area (Å²) in [5.41, 5.74) is 1.28. The quantitative estimate of drug-likeness (QED) is 0.794. The Balaban J connectivity index is 1.91. The third-order valence-electron chi connectivity index (χ3n) is 4.39. The number of anilines is 1. The second-order valence-corrected chi connectivity index (χ2v) is 8.61. The molecule has 0 bridgehead atoms. The maximum atomic E-state index is 12.9. The molecule has 1 heterocycles. The van der Waals surface area contributed by atoms with Gasteiger partial charge in [-0.05, 0) is 48.0 Å². The molecule has 1 unspecified atom stereocenters. The molecule has 0 spiro atoms. The Morgan fingerprint density at radius 1 is 1.26 bits per heavy atom. The van der Waals surface area contributed by atoms with E-state index in [0.29, 0.717) is 21.8 Å². The molecule has 2 amide bonds. The van der Waals surface area contributed by atoms with Crippen LogP contribution >= 0.6 is 11.6 Å². The molecule has 0 fully saturated rings. The van der Waals surface area contributed by atoms with Crippen molar-refractivity contribution < 1.29 is 18.0 Å². The molecule has 1 aliphatic heterocycles. The van der Waals surface area contributed by atoms with Gasteiger partial charge in [0.05, 0.1) is 16.7 Å². The van der Waals surface area contributed by atoms with E-state index in [-0.39, 0.29) is 16.6 Å². The highest BCUT2D eigenvalue weighted by atomic mass is 35.5. The van der Waals surface area contributed by atoms with Crippen LogP contribution < -0.4 is 5.32 Å². The number of nitrogens with one attached hydrogen (secondary N) is 1.